The number of aliphatic hydroxyl groups is 1. The molecule has 1 N–H and O–H groups in total. The molecule has 2 atom stereocenters. The number of fused-ring (bicyclic) bond motifs is 1. The van der Waals surface area contributed by atoms with E-state index in [1.807, 2.05) is 43.4 Å². The van der Waals surface area contributed by atoms with Crippen molar-refractivity contribution < 1.29 is 9.50 Å². The minimum atomic E-state index is -0.463. The number of aliphatic hydroxyl groups excluding tert-OH is 1. The molecule has 3 aromatic heterocycles. The van der Waals surface area contributed by atoms with Gasteiger partial charge in [-0.1, -0.05) is 0 Å². The van der Waals surface area contributed by atoms with E-state index in [-0.39, 0.29) is 23.9 Å². The predicted octanol–water partition coefficient (Wildman–Crippen LogP) is 5.94. The monoisotopic (exact) mass is 646 g/mol. The van der Waals surface area contributed by atoms with Crippen LogP contribution in [0.3, 0.4) is 0 Å². The van der Waals surface area contributed by atoms with Gasteiger partial charge in [-0.15, -0.1) is 12.4 Å². The third-order valence-electron chi connectivity index (χ3n) is 9.75. The summed E-state index contributed by atoms with van der Waals surface area (Å²) < 4.78 is 17.9. The number of anilines is 2. The highest BCUT2D eigenvalue weighted by Crippen LogP contribution is 2.38. The number of rotatable bonds is 8. The number of aromatic nitrogens is 3. The number of β-amino-alcohol motifs (C(OH)–C–C–N with tert-alkyl or cyclic N) is 1. The molecule has 0 spiro atoms. The molecular formula is C36H44ClFN6O2. The van der Waals surface area contributed by atoms with Gasteiger partial charge in [0.2, 0.25) is 0 Å². The topological polar surface area (TPSA) is 77.7 Å². The van der Waals surface area contributed by atoms with Crippen molar-refractivity contribution in [3.8, 4) is 0 Å². The van der Waals surface area contributed by atoms with Crippen molar-refractivity contribution in [3.63, 3.8) is 0 Å². The smallest absolute Gasteiger partial charge is 0.193 e. The van der Waals surface area contributed by atoms with E-state index in [0.717, 1.165) is 74.2 Å². The van der Waals surface area contributed by atoms with E-state index in [1.54, 1.807) is 0 Å². The van der Waals surface area contributed by atoms with Gasteiger partial charge in [0.15, 0.2) is 5.43 Å². The van der Waals surface area contributed by atoms with Crippen LogP contribution in [0.5, 0.6) is 0 Å². The maximum atomic E-state index is 15.7. The molecule has 0 bridgehead atoms. The highest BCUT2D eigenvalue weighted by atomic mass is 35.5. The molecule has 1 aliphatic carbocycles. The van der Waals surface area contributed by atoms with Gasteiger partial charge in [-0.05, 0) is 94.3 Å². The van der Waals surface area contributed by atoms with Crippen LogP contribution in [-0.4, -0.2) is 62.9 Å². The highest BCUT2D eigenvalue weighted by Gasteiger charge is 2.30. The number of hydrogen-bond donors (Lipinski definition) is 1. The van der Waals surface area contributed by atoms with Crippen molar-refractivity contribution in [2.24, 2.45) is 0 Å². The zero-order valence-electron chi connectivity index (χ0n) is 26.7. The van der Waals surface area contributed by atoms with Crippen LogP contribution in [0, 0.1) is 19.7 Å². The van der Waals surface area contributed by atoms with Crippen LogP contribution >= 0.6 is 12.4 Å². The largest absolute Gasteiger partial charge is 0.391 e. The fourth-order valence-electron chi connectivity index (χ4n) is 7.20. The molecular weight excluding hydrogens is 603 g/mol. The summed E-state index contributed by atoms with van der Waals surface area (Å²) in [5.74, 6) is -0.396. The molecule has 3 aliphatic rings. The van der Waals surface area contributed by atoms with Crippen LogP contribution in [0.4, 0.5) is 15.8 Å². The number of aryl methyl sites for hydroxylation is 2. The molecule has 0 amide bonds. The Morgan fingerprint density at radius 3 is 2.48 bits per heavy atom. The van der Waals surface area contributed by atoms with E-state index < -0.39 is 11.9 Å². The third-order valence-corrected chi connectivity index (χ3v) is 9.75. The zero-order chi connectivity index (χ0) is 31.1. The lowest BCUT2D eigenvalue weighted by molar-refractivity contribution is 0.154. The first-order valence-corrected chi connectivity index (χ1v) is 16.5. The fourth-order valence-corrected chi connectivity index (χ4v) is 7.20. The fraction of sp³-hybridized carbons (Fsp3) is 0.472. The first kappa shape index (κ1) is 32.4. The number of hydrogen-bond acceptors (Lipinski definition) is 7. The molecule has 2 aliphatic heterocycles. The van der Waals surface area contributed by atoms with Crippen molar-refractivity contribution in [3.05, 3.63) is 93.5 Å². The van der Waals surface area contributed by atoms with E-state index in [4.69, 9.17) is 0 Å². The summed E-state index contributed by atoms with van der Waals surface area (Å²) >= 11 is 0. The summed E-state index contributed by atoms with van der Waals surface area (Å²) in [7, 11) is 0. The Morgan fingerprint density at radius 2 is 1.74 bits per heavy atom. The highest BCUT2D eigenvalue weighted by molar-refractivity contribution is 5.85. The maximum absolute atomic E-state index is 15.7. The third kappa shape index (κ3) is 6.92. The Hall–Kier alpha value is -3.53. The Balaban J connectivity index is 0.00000372. The molecule has 0 radical (unpaired) electrons. The van der Waals surface area contributed by atoms with Gasteiger partial charge < -0.3 is 19.5 Å². The van der Waals surface area contributed by atoms with Crippen molar-refractivity contribution in [2.75, 3.05) is 36.0 Å². The van der Waals surface area contributed by atoms with Crippen LogP contribution in [0.2, 0.25) is 0 Å². The van der Waals surface area contributed by atoms with Crippen molar-refractivity contribution >= 4 is 34.7 Å². The molecule has 10 heteroatoms. The van der Waals surface area contributed by atoms with Gasteiger partial charge in [-0.3, -0.25) is 19.7 Å². The number of pyridine rings is 3. The average Bonchev–Trinajstić information content (AvgIpc) is 3.88. The normalized spacial score (nSPS) is 20.3. The minimum Gasteiger partial charge on any atom is -0.391 e. The van der Waals surface area contributed by atoms with Crippen molar-refractivity contribution in [2.45, 2.75) is 83.6 Å². The first-order chi connectivity index (χ1) is 21.8. The Morgan fingerprint density at radius 1 is 0.935 bits per heavy atom. The lowest BCUT2D eigenvalue weighted by Crippen LogP contribution is -2.48. The van der Waals surface area contributed by atoms with Crippen molar-refractivity contribution in [1.29, 1.82) is 0 Å². The SMILES string of the molecule is Cc1ccc(N2CCC[C@H](N(Cc3ccnc(C)c3)Cc3cn(C4CC4)c4cc(N5CCC[C@H](O)C5)c(F)cc4c3=O)C2)cn1.Cl. The lowest BCUT2D eigenvalue weighted by atomic mass is 10.0. The van der Waals surface area contributed by atoms with Gasteiger partial charge in [-0.25, -0.2) is 4.39 Å². The van der Waals surface area contributed by atoms with Crippen LogP contribution < -0.4 is 15.2 Å². The molecule has 8 nitrogen and oxygen atoms in total. The Bertz CT molecular complexity index is 1740. The Kier molecular flexibility index (Phi) is 9.64. The standard InChI is InChI=1S/C36H43FN6O2.ClH/c1-24-7-8-29(18-39-24)40-13-3-5-30(22-40)42(19-26-11-12-38-25(2)15-26)20-27-21-43(28-9-10-28)34-17-35(33(37)16-32(34)36(27)45)41-14-4-6-31(44)23-41;/h7-8,11-12,15-18,21,28,30-31,44H,3-6,9-10,13-14,19-20,22-23H2,1-2H3;1H/t30-,31-;/m0./s1. The summed E-state index contributed by atoms with van der Waals surface area (Å²) in [6, 6.07) is 12.2. The summed E-state index contributed by atoms with van der Waals surface area (Å²) in [5.41, 5.74) is 6.13. The van der Waals surface area contributed by atoms with Crippen LogP contribution in [0.1, 0.15) is 67.1 Å². The molecule has 4 aromatic rings. The van der Waals surface area contributed by atoms with Gasteiger partial charge in [-0.2, -0.15) is 0 Å². The number of nitrogens with zero attached hydrogens (tertiary/aromatic N) is 6. The van der Waals surface area contributed by atoms with Crippen molar-refractivity contribution in [1.82, 2.24) is 19.4 Å². The molecule has 46 heavy (non-hydrogen) atoms. The van der Waals surface area contributed by atoms with E-state index >= 15 is 4.39 Å². The predicted molar refractivity (Wildman–Crippen MR) is 184 cm³/mol. The second-order valence-electron chi connectivity index (χ2n) is 13.3. The molecule has 2 saturated heterocycles. The van der Waals surface area contributed by atoms with E-state index in [2.05, 4.69) is 48.6 Å². The van der Waals surface area contributed by atoms with Gasteiger partial charge in [0.1, 0.15) is 5.82 Å². The first-order valence-electron chi connectivity index (χ1n) is 16.5. The lowest BCUT2D eigenvalue weighted by Gasteiger charge is -2.40. The van der Waals surface area contributed by atoms with Gasteiger partial charge in [0.05, 0.1) is 29.2 Å². The van der Waals surface area contributed by atoms with Gasteiger partial charge >= 0.3 is 0 Å². The summed E-state index contributed by atoms with van der Waals surface area (Å²) in [5, 5.41) is 10.7. The van der Waals surface area contributed by atoms with Gasteiger partial charge in [0.25, 0.3) is 0 Å². The molecule has 7 rings (SSSR count). The molecule has 5 heterocycles. The van der Waals surface area contributed by atoms with E-state index in [9.17, 15) is 9.90 Å². The molecule has 0 unspecified atom stereocenters. The van der Waals surface area contributed by atoms with Crippen LogP contribution in [0.15, 0.2) is 59.8 Å². The second kappa shape index (κ2) is 13.7. The zero-order valence-corrected chi connectivity index (χ0v) is 27.6. The van der Waals surface area contributed by atoms with Crippen LogP contribution in [-0.2, 0) is 13.1 Å². The van der Waals surface area contributed by atoms with E-state index in [0.29, 0.717) is 48.9 Å². The molecule has 3 fully saturated rings. The van der Waals surface area contributed by atoms with Crippen LogP contribution in [0.25, 0.3) is 10.9 Å². The molecule has 244 valence electrons. The molecule has 1 saturated carbocycles. The Labute approximate surface area is 276 Å². The number of piperidine rings is 2. The number of halogens is 2. The average molecular weight is 647 g/mol. The second-order valence-corrected chi connectivity index (χ2v) is 13.3. The maximum Gasteiger partial charge on any atom is 0.193 e. The summed E-state index contributed by atoms with van der Waals surface area (Å²) in [4.78, 5) is 29.9. The number of benzene rings is 1. The quantitative estimate of drug-likeness (QED) is 0.254. The molecule has 1 aromatic carbocycles. The summed E-state index contributed by atoms with van der Waals surface area (Å²) in [6.45, 7) is 8.12. The minimum absolute atomic E-state index is 0. The summed E-state index contributed by atoms with van der Waals surface area (Å²) in [6.07, 6.45) is 11.1. The van der Waals surface area contributed by atoms with Gasteiger partial charge in [0, 0.05) is 86.1 Å². The van der Waals surface area contributed by atoms with E-state index in [1.165, 1.54) is 11.6 Å².